The highest BCUT2D eigenvalue weighted by Crippen LogP contribution is 2.26. The quantitative estimate of drug-likeness (QED) is 0.191. The van der Waals surface area contributed by atoms with Gasteiger partial charge in [-0.15, -0.1) is 10.2 Å². The van der Waals surface area contributed by atoms with Gasteiger partial charge in [0, 0.05) is 17.9 Å². The normalized spacial score (nSPS) is 11.5. The molecule has 0 saturated carbocycles. The minimum atomic E-state index is -0.201. The van der Waals surface area contributed by atoms with Crippen LogP contribution in [0.1, 0.15) is 57.8 Å². The molecule has 1 amide bonds. The Morgan fingerprint density at radius 2 is 1.85 bits per heavy atom. The molecule has 0 aliphatic heterocycles. The second kappa shape index (κ2) is 14.9. The summed E-state index contributed by atoms with van der Waals surface area (Å²) in [4.78, 5) is 14.9. The highest BCUT2D eigenvalue weighted by Gasteiger charge is 2.11. The number of hydrogen-bond donors (Lipinski definition) is 1. The third-order valence-electron chi connectivity index (χ3n) is 5.04. The van der Waals surface area contributed by atoms with Crippen molar-refractivity contribution in [1.29, 1.82) is 0 Å². The van der Waals surface area contributed by atoms with E-state index in [-0.39, 0.29) is 5.91 Å². The number of carbonyl (C=O) groups excluding carboxylic acids is 1. The second-order valence-corrected chi connectivity index (χ2v) is 10.2. The first-order valence-corrected chi connectivity index (χ1v) is 13.2. The Kier molecular flexibility index (Phi) is 12.2. The van der Waals surface area contributed by atoms with E-state index in [0.717, 1.165) is 48.3 Å². The summed E-state index contributed by atoms with van der Waals surface area (Å²) in [5.74, 6) is 1.49. The van der Waals surface area contributed by atoms with Gasteiger partial charge in [0.15, 0.2) is 4.34 Å². The fraction of sp³-hybridized carbons (Fsp3) is 0.480. The summed E-state index contributed by atoms with van der Waals surface area (Å²) in [6.07, 6.45) is 6.44. The van der Waals surface area contributed by atoms with Crippen molar-refractivity contribution in [2.45, 2.75) is 51.8 Å². The van der Waals surface area contributed by atoms with Crippen molar-refractivity contribution in [3.63, 3.8) is 0 Å². The SMILES string of the molecule is CCN(CC)CCSc1nnc(NC(=O)c2ccc(OC/C=C(\C)CCC=C(C)C)cc2)s1. The fourth-order valence-electron chi connectivity index (χ4n) is 2.96. The maximum absolute atomic E-state index is 12.5. The number of ether oxygens (including phenoxy) is 1. The average Bonchev–Trinajstić information content (AvgIpc) is 3.24. The molecule has 2 rings (SSSR count). The van der Waals surface area contributed by atoms with Crippen LogP contribution >= 0.6 is 23.1 Å². The summed E-state index contributed by atoms with van der Waals surface area (Å²) in [7, 11) is 0. The van der Waals surface area contributed by atoms with E-state index in [1.165, 1.54) is 22.5 Å². The maximum Gasteiger partial charge on any atom is 0.257 e. The molecule has 1 aromatic carbocycles. The number of amides is 1. The maximum atomic E-state index is 12.5. The number of carbonyl (C=O) groups is 1. The van der Waals surface area contributed by atoms with Crippen molar-refractivity contribution in [3.05, 3.63) is 53.1 Å². The largest absolute Gasteiger partial charge is 0.490 e. The number of nitrogens with zero attached hydrogens (tertiary/aromatic N) is 3. The van der Waals surface area contributed by atoms with Crippen LogP contribution < -0.4 is 10.1 Å². The van der Waals surface area contributed by atoms with Gasteiger partial charge in [0.2, 0.25) is 5.13 Å². The van der Waals surface area contributed by atoms with Gasteiger partial charge in [0.25, 0.3) is 5.91 Å². The van der Waals surface area contributed by atoms with Crippen LogP contribution in [0, 0.1) is 0 Å². The van der Waals surface area contributed by atoms with Gasteiger partial charge in [-0.2, -0.15) is 0 Å². The lowest BCUT2D eigenvalue weighted by molar-refractivity contribution is 0.102. The predicted molar refractivity (Wildman–Crippen MR) is 141 cm³/mol. The van der Waals surface area contributed by atoms with Gasteiger partial charge >= 0.3 is 0 Å². The van der Waals surface area contributed by atoms with Crippen LogP contribution in [-0.4, -0.2) is 53.0 Å². The number of hydrogen-bond acceptors (Lipinski definition) is 7. The second-order valence-electron chi connectivity index (χ2n) is 7.91. The number of thioether (sulfide) groups is 1. The first kappa shape index (κ1) is 27.1. The first-order valence-electron chi connectivity index (χ1n) is 11.4. The summed E-state index contributed by atoms with van der Waals surface area (Å²) < 4.78 is 6.65. The van der Waals surface area contributed by atoms with E-state index >= 15 is 0 Å². The van der Waals surface area contributed by atoms with Gasteiger partial charge in [-0.25, -0.2) is 0 Å². The number of benzene rings is 1. The Morgan fingerprint density at radius 1 is 1.12 bits per heavy atom. The molecule has 33 heavy (non-hydrogen) atoms. The van der Waals surface area contributed by atoms with Crippen molar-refractivity contribution in [2.75, 3.05) is 37.3 Å². The lowest BCUT2D eigenvalue weighted by Crippen LogP contribution is -2.25. The Labute approximate surface area is 206 Å². The molecule has 1 N–H and O–H groups in total. The summed E-state index contributed by atoms with van der Waals surface area (Å²) in [5.41, 5.74) is 3.22. The van der Waals surface area contributed by atoms with Crippen LogP contribution in [0.2, 0.25) is 0 Å². The van der Waals surface area contributed by atoms with E-state index in [1.54, 1.807) is 23.9 Å². The fourth-order valence-corrected chi connectivity index (χ4v) is 4.78. The highest BCUT2D eigenvalue weighted by atomic mass is 32.2. The van der Waals surface area contributed by atoms with E-state index in [0.29, 0.717) is 17.3 Å². The number of anilines is 1. The molecular formula is C25H36N4O2S2. The first-order chi connectivity index (χ1) is 15.9. The molecule has 0 saturated heterocycles. The van der Waals surface area contributed by atoms with Gasteiger partial charge < -0.3 is 9.64 Å². The molecule has 0 atom stereocenters. The van der Waals surface area contributed by atoms with Crippen LogP contribution in [0.4, 0.5) is 5.13 Å². The Hall–Kier alpha value is -2.16. The third kappa shape index (κ3) is 10.5. The standard InChI is InChI=1S/C25H36N4O2S2/c1-6-29(7-2)16-18-32-25-28-27-24(33-25)26-23(30)21-11-13-22(14-12-21)31-17-15-20(5)10-8-9-19(3)4/h9,11-15H,6-8,10,16-18H2,1-5H3,(H,26,27,30)/b20-15+. The predicted octanol–water partition coefficient (Wildman–Crippen LogP) is 6.30. The molecule has 2 aromatic rings. The smallest absolute Gasteiger partial charge is 0.257 e. The summed E-state index contributed by atoms with van der Waals surface area (Å²) >= 11 is 3.07. The zero-order valence-corrected chi connectivity index (χ0v) is 22.0. The molecule has 180 valence electrons. The number of allylic oxidation sites excluding steroid dienone is 3. The summed E-state index contributed by atoms with van der Waals surface area (Å²) in [5, 5.41) is 11.6. The minimum Gasteiger partial charge on any atom is -0.490 e. The van der Waals surface area contributed by atoms with E-state index in [1.807, 2.05) is 12.1 Å². The molecule has 0 aliphatic rings. The van der Waals surface area contributed by atoms with Crippen LogP contribution in [0.25, 0.3) is 0 Å². The molecule has 0 unspecified atom stereocenters. The molecular weight excluding hydrogens is 452 g/mol. The molecule has 0 radical (unpaired) electrons. The molecule has 0 aliphatic carbocycles. The van der Waals surface area contributed by atoms with Crippen molar-refractivity contribution in [3.8, 4) is 5.75 Å². The molecule has 1 heterocycles. The third-order valence-corrected chi connectivity index (χ3v) is 7.00. The van der Waals surface area contributed by atoms with E-state index in [4.69, 9.17) is 4.74 Å². The Morgan fingerprint density at radius 3 is 2.52 bits per heavy atom. The van der Waals surface area contributed by atoms with Gasteiger partial charge in [-0.1, -0.05) is 54.2 Å². The average molecular weight is 489 g/mol. The molecule has 0 spiro atoms. The highest BCUT2D eigenvalue weighted by molar-refractivity contribution is 8.01. The summed E-state index contributed by atoms with van der Waals surface area (Å²) in [6, 6.07) is 7.15. The molecule has 8 heteroatoms. The monoisotopic (exact) mass is 488 g/mol. The van der Waals surface area contributed by atoms with Gasteiger partial charge in [0.05, 0.1) is 0 Å². The lowest BCUT2D eigenvalue weighted by Gasteiger charge is -2.16. The minimum absolute atomic E-state index is 0.201. The number of nitrogens with one attached hydrogen (secondary N) is 1. The molecule has 1 aromatic heterocycles. The molecule has 0 fully saturated rings. The van der Waals surface area contributed by atoms with Gasteiger partial charge in [-0.05, 0) is 77.0 Å². The van der Waals surface area contributed by atoms with Crippen molar-refractivity contribution in [2.24, 2.45) is 0 Å². The number of aromatic nitrogens is 2. The Balaban J connectivity index is 1.77. The lowest BCUT2D eigenvalue weighted by atomic mass is 10.1. The van der Waals surface area contributed by atoms with Gasteiger partial charge in [0.1, 0.15) is 12.4 Å². The van der Waals surface area contributed by atoms with E-state index in [9.17, 15) is 4.79 Å². The zero-order chi connectivity index (χ0) is 24.1. The zero-order valence-electron chi connectivity index (χ0n) is 20.4. The van der Waals surface area contributed by atoms with Crippen molar-refractivity contribution < 1.29 is 9.53 Å². The van der Waals surface area contributed by atoms with E-state index in [2.05, 4.69) is 67.2 Å². The Bertz CT molecular complexity index is 915. The van der Waals surface area contributed by atoms with Gasteiger partial charge in [-0.3, -0.25) is 10.1 Å². The molecule has 6 nitrogen and oxygen atoms in total. The summed E-state index contributed by atoms with van der Waals surface area (Å²) in [6.45, 7) is 14.3. The van der Waals surface area contributed by atoms with Crippen LogP contribution in [-0.2, 0) is 0 Å². The van der Waals surface area contributed by atoms with E-state index < -0.39 is 0 Å². The van der Waals surface area contributed by atoms with Crippen LogP contribution in [0.15, 0.2) is 51.9 Å². The molecule has 0 bridgehead atoms. The van der Waals surface area contributed by atoms with Crippen molar-refractivity contribution >= 4 is 34.1 Å². The van der Waals surface area contributed by atoms with Crippen molar-refractivity contribution in [1.82, 2.24) is 15.1 Å². The number of rotatable bonds is 14. The topological polar surface area (TPSA) is 67.4 Å². The van der Waals surface area contributed by atoms with Crippen LogP contribution in [0.3, 0.4) is 0 Å². The van der Waals surface area contributed by atoms with Crippen LogP contribution in [0.5, 0.6) is 5.75 Å².